The van der Waals surface area contributed by atoms with Gasteiger partial charge in [-0.05, 0) is 19.9 Å². The van der Waals surface area contributed by atoms with Crippen LogP contribution >= 0.6 is 0 Å². The zero-order valence-corrected chi connectivity index (χ0v) is 13.7. The van der Waals surface area contributed by atoms with Gasteiger partial charge in [0.15, 0.2) is 0 Å². The molecule has 0 aromatic heterocycles. The van der Waals surface area contributed by atoms with E-state index in [2.05, 4.69) is 21.9 Å². The van der Waals surface area contributed by atoms with Crippen molar-refractivity contribution in [3.8, 4) is 0 Å². The maximum atomic E-state index is 10.6. The van der Waals surface area contributed by atoms with Gasteiger partial charge in [0.25, 0.3) is 0 Å². The zero-order valence-electron chi connectivity index (χ0n) is 13.7. The Labute approximate surface area is 139 Å². The quantitative estimate of drug-likeness (QED) is 0.431. The Bertz CT molecular complexity index is 518. The van der Waals surface area contributed by atoms with E-state index in [9.17, 15) is 14.4 Å². The molecule has 0 unspecified atom stereocenters. The van der Waals surface area contributed by atoms with Gasteiger partial charge in [0.05, 0.1) is 17.9 Å². The van der Waals surface area contributed by atoms with Gasteiger partial charge in [-0.15, -0.1) is 0 Å². The van der Waals surface area contributed by atoms with Gasteiger partial charge in [0, 0.05) is 38.6 Å². The van der Waals surface area contributed by atoms with E-state index in [4.69, 9.17) is 14.9 Å². The van der Waals surface area contributed by atoms with E-state index in [0.717, 1.165) is 38.1 Å². The van der Waals surface area contributed by atoms with Crippen LogP contribution in [0.2, 0.25) is 0 Å². The molecule has 0 bridgehead atoms. The molecule has 2 saturated heterocycles. The number of rotatable bonds is 3. The Balaban J connectivity index is 0.000000307. The molecule has 0 amide bonds. The van der Waals surface area contributed by atoms with E-state index in [1.807, 2.05) is 0 Å². The third-order valence-electron chi connectivity index (χ3n) is 3.64. The molecule has 1 spiro atoms. The van der Waals surface area contributed by atoms with Gasteiger partial charge in [-0.1, -0.05) is 5.16 Å². The van der Waals surface area contributed by atoms with Crippen molar-refractivity contribution in [2.45, 2.75) is 31.8 Å². The Morgan fingerprint density at radius 2 is 1.75 bits per heavy atom. The van der Waals surface area contributed by atoms with Crippen LogP contribution in [0.5, 0.6) is 0 Å². The molecule has 134 valence electrons. The lowest BCUT2D eigenvalue weighted by molar-refractivity contribution is -0.141. The molecule has 2 aliphatic heterocycles. The molecule has 2 fully saturated rings. The average Bonchev–Trinajstić information content (AvgIpc) is 2.90. The molecule has 0 aromatic rings. The molecular weight excluding hydrogens is 320 g/mol. The topological polar surface area (TPSA) is 126 Å². The van der Waals surface area contributed by atoms with Crippen molar-refractivity contribution >= 4 is 23.6 Å². The van der Waals surface area contributed by atoms with Gasteiger partial charge < -0.3 is 24.7 Å². The van der Waals surface area contributed by atoms with Crippen molar-refractivity contribution in [2.75, 3.05) is 26.7 Å². The van der Waals surface area contributed by atoms with Gasteiger partial charge in [-0.25, -0.2) is 14.4 Å². The van der Waals surface area contributed by atoms with Crippen molar-refractivity contribution < 1.29 is 34.2 Å². The minimum absolute atomic E-state index is 0.0501. The van der Waals surface area contributed by atoms with Crippen molar-refractivity contribution in [1.29, 1.82) is 0 Å². The van der Waals surface area contributed by atoms with Gasteiger partial charge in [-0.3, -0.25) is 0 Å². The fraction of sp³-hybridized carbons (Fsp3) is 0.600. The number of carboxylic acids is 2. The molecule has 2 rings (SSSR count). The number of oxime groups is 1. The average molecular weight is 342 g/mol. The first-order valence-corrected chi connectivity index (χ1v) is 7.42. The van der Waals surface area contributed by atoms with Crippen LogP contribution in [0.25, 0.3) is 0 Å². The number of ether oxygens (including phenoxy) is 1. The molecule has 2 N–H and O–H groups in total. The van der Waals surface area contributed by atoms with Gasteiger partial charge in [0.1, 0.15) is 0 Å². The maximum Gasteiger partial charge on any atom is 0.331 e. The summed E-state index contributed by atoms with van der Waals surface area (Å²) in [5, 5.41) is 19.4. The first-order chi connectivity index (χ1) is 11.2. The summed E-state index contributed by atoms with van der Waals surface area (Å²) >= 11 is 0. The summed E-state index contributed by atoms with van der Waals surface area (Å²) in [7, 11) is 2.12. The molecule has 0 saturated carbocycles. The highest BCUT2D eigenvalue weighted by Crippen LogP contribution is 2.34. The van der Waals surface area contributed by atoms with E-state index in [1.54, 1.807) is 0 Å². The Morgan fingerprint density at radius 1 is 1.21 bits per heavy atom. The normalized spacial score (nSPS) is 21.5. The monoisotopic (exact) mass is 342 g/mol. The molecule has 0 aromatic carbocycles. The van der Waals surface area contributed by atoms with Gasteiger partial charge in [-0.2, -0.15) is 0 Å². The number of aliphatic carboxylic acids is 2. The second kappa shape index (κ2) is 9.14. The van der Waals surface area contributed by atoms with Crippen LogP contribution in [0, 0.1) is 0 Å². The largest absolute Gasteiger partial charge is 0.478 e. The highest BCUT2D eigenvalue weighted by atomic mass is 16.7. The molecule has 0 aliphatic carbocycles. The van der Waals surface area contributed by atoms with Crippen molar-refractivity contribution in [3.05, 3.63) is 12.2 Å². The lowest BCUT2D eigenvalue weighted by atomic mass is 9.88. The fourth-order valence-electron chi connectivity index (χ4n) is 2.39. The molecule has 9 nitrogen and oxygen atoms in total. The molecule has 0 radical (unpaired) electrons. The minimum atomic E-state index is -1.26. The Kier molecular flexibility index (Phi) is 7.53. The summed E-state index contributed by atoms with van der Waals surface area (Å²) in [6.07, 6.45) is 3.98. The number of piperidine rings is 1. The van der Waals surface area contributed by atoms with E-state index in [0.29, 0.717) is 18.8 Å². The lowest BCUT2D eigenvalue weighted by Crippen LogP contribution is -2.42. The van der Waals surface area contributed by atoms with Crippen LogP contribution < -0.4 is 0 Å². The van der Waals surface area contributed by atoms with E-state index in [-0.39, 0.29) is 11.6 Å². The number of carbonyl (C=O) groups is 3. The van der Waals surface area contributed by atoms with Crippen LogP contribution in [0.15, 0.2) is 17.3 Å². The van der Waals surface area contributed by atoms with Crippen LogP contribution in [-0.4, -0.2) is 71.1 Å². The summed E-state index contributed by atoms with van der Waals surface area (Å²) in [5.41, 5.74) is 0.797. The van der Waals surface area contributed by atoms with E-state index in [1.165, 1.54) is 6.92 Å². The number of carboxylic acid groups (broad SMARTS) is 2. The fourth-order valence-corrected chi connectivity index (χ4v) is 2.39. The first kappa shape index (κ1) is 19.8. The highest BCUT2D eigenvalue weighted by molar-refractivity contribution is 5.89. The number of likely N-dealkylation sites (tertiary alicyclic amines) is 1. The van der Waals surface area contributed by atoms with Crippen LogP contribution in [-0.2, 0) is 24.0 Å². The molecular formula is C15H22N2O7. The summed E-state index contributed by atoms with van der Waals surface area (Å²) in [6.45, 7) is 3.96. The number of hydrogen-bond acceptors (Lipinski definition) is 7. The van der Waals surface area contributed by atoms with Crippen LogP contribution in [0.1, 0.15) is 26.2 Å². The van der Waals surface area contributed by atoms with Crippen LogP contribution in [0.3, 0.4) is 0 Å². The molecule has 2 heterocycles. The summed E-state index contributed by atoms with van der Waals surface area (Å²) < 4.78 is 5.83. The predicted molar refractivity (Wildman–Crippen MR) is 83.6 cm³/mol. The molecule has 0 atom stereocenters. The summed E-state index contributed by atoms with van der Waals surface area (Å²) in [5.74, 6) is -2.89. The maximum absolute atomic E-state index is 10.6. The third-order valence-corrected chi connectivity index (χ3v) is 3.64. The lowest BCUT2D eigenvalue weighted by Gasteiger charge is -2.36. The second-order valence-electron chi connectivity index (χ2n) is 5.70. The SMILES string of the molecule is CC(=O)ON=C1COC2(CCN(C)CC2)C1.O=C(O)C=CC(=O)O. The van der Waals surface area contributed by atoms with Crippen LogP contribution in [0.4, 0.5) is 0 Å². The predicted octanol–water partition coefficient (Wildman–Crippen LogP) is 0.502. The standard InChI is InChI=1S/C11H18N2O3.C4H4O4/c1-9(14)16-12-10-7-11(15-8-10)3-5-13(2)6-4-11;5-3(6)1-2-4(7)8/h3-8H2,1-2H3;1-2H,(H,5,6)(H,7,8). The number of nitrogens with zero attached hydrogens (tertiary/aromatic N) is 2. The smallest absolute Gasteiger partial charge is 0.331 e. The summed E-state index contributed by atoms with van der Waals surface area (Å²) in [4.78, 5) is 36.7. The van der Waals surface area contributed by atoms with E-state index < -0.39 is 11.9 Å². The first-order valence-electron chi connectivity index (χ1n) is 7.42. The third kappa shape index (κ3) is 7.34. The van der Waals surface area contributed by atoms with Crippen molar-refractivity contribution in [1.82, 2.24) is 4.90 Å². The van der Waals surface area contributed by atoms with Crippen molar-refractivity contribution in [2.24, 2.45) is 5.16 Å². The second-order valence-corrected chi connectivity index (χ2v) is 5.70. The minimum Gasteiger partial charge on any atom is -0.478 e. The number of hydrogen-bond donors (Lipinski definition) is 2. The van der Waals surface area contributed by atoms with Gasteiger partial charge >= 0.3 is 17.9 Å². The number of carbonyl (C=O) groups excluding carboxylic acids is 1. The molecule has 24 heavy (non-hydrogen) atoms. The van der Waals surface area contributed by atoms with Crippen molar-refractivity contribution in [3.63, 3.8) is 0 Å². The molecule has 2 aliphatic rings. The zero-order chi connectivity index (χ0) is 18.2. The Hall–Kier alpha value is -2.26. The molecule has 9 heteroatoms. The highest BCUT2D eigenvalue weighted by Gasteiger charge is 2.40. The van der Waals surface area contributed by atoms with E-state index >= 15 is 0 Å². The summed E-state index contributed by atoms with van der Waals surface area (Å²) in [6, 6.07) is 0. The Morgan fingerprint density at radius 3 is 2.21 bits per heavy atom. The van der Waals surface area contributed by atoms with Gasteiger partial charge in [0.2, 0.25) is 0 Å².